The predicted octanol–water partition coefficient (Wildman–Crippen LogP) is 1.86. The Kier molecular flexibility index (Phi) is 6.74. The smallest absolute Gasteiger partial charge is 0.243 e. The predicted molar refractivity (Wildman–Crippen MR) is 84.2 cm³/mol. The topological polar surface area (TPSA) is 58.6 Å². The number of benzene rings is 1. The lowest BCUT2D eigenvalue weighted by Crippen LogP contribution is -2.34. The molecule has 0 aromatic heterocycles. The molecule has 0 spiro atoms. The van der Waals surface area contributed by atoms with Crippen LogP contribution in [0.15, 0.2) is 27.6 Å². The van der Waals surface area contributed by atoms with E-state index in [1.807, 2.05) is 0 Å². The lowest BCUT2D eigenvalue weighted by Gasteiger charge is -2.20. The number of ether oxygens (including phenoxy) is 1. The molecule has 1 aliphatic heterocycles. The first-order chi connectivity index (χ1) is 9.04. The highest BCUT2D eigenvalue weighted by atomic mass is 79.9. The number of nitrogens with one attached hydrogen (secondary N) is 1. The second-order valence-electron chi connectivity index (χ2n) is 4.33. The molecule has 20 heavy (non-hydrogen) atoms. The van der Waals surface area contributed by atoms with Crippen molar-refractivity contribution in [1.82, 2.24) is 9.62 Å². The van der Waals surface area contributed by atoms with E-state index in [9.17, 15) is 8.42 Å². The van der Waals surface area contributed by atoms with Crippen molar-refractivity contribution < 1.29 is 13.2 Å². The minimum absolute atomic E-state index is 0. The van der Waals surface area contributed by atoms with E-state index in [2.05, 4.69) is 21.2 Å². The largest absolute Gasteiger partial charge is 0.497 e. The van der Waals surface area contributed by atoms with Crippen LogP contribution < -0.4 is 10.1 Å². The Morgan fingerprint density at radius 3 is 2.70 bits per heavy atom. The van der Waals surface area contributed by atoms with Gasteiger partial charge < -0.3 is 10.1 Å². The molecule has 0 radical (unpaired) electrons. The van der Waals surface area contributed by atoms with Gasteiger partial charge in [-0.2, -0.15) is 4.31 Å². The standard InChI is InChI=1S/C12H17BrN2O3S.ClH/c1-18-11-7-10(13)8-12(9-11)19(16,17)15-5-2-3-14-4-6-15;/h7-9,14H,2-6H2,1H3;1H. The molecule has 1 heterocycles. The van der Waals surface area contributed by atoms with Gasteiger partial charge in [-0.15, -0.1) is 12.4 Å². The van der Waals surface area contributed by atoms with E-state index in [0.29, 0.717) is 29.9 Å². The Bertz CT molecular complexity index is 546. The Morgan fingerprint density at radius 1 is 1.25 bits per heavy atom. The van der Waals surface area contributed by atoms with E-state index in [1.165, 1.54) is 11.4 Å². The molecular formula is C12H18BrClN2O3S. The summed E-state index contributed by atoms with van der Waals surface area (Å²) in [5.41, 5.74) is 0. The van der Waals surface area contributed by atoms with Crippen LogP contribution in [-0.2, 0) is 10.0 Å². The van der Waals surface area contributed by atoms with E-state index in [-0.39, 0.29) is 17.3 Å². The summed E-state index contributed by atoms with van der Waals surface area (Å²) in [4.78, 5) is 0.264. The third kappa shape index (κ3) is 4.08. The third-order valence-corrected chi connectivity index (χ3v) is 5.35. The second kappa shape index (κ2) is 7.61. The van der Waals surface area contributed by atoms with Gasteiger partial charge in [-0.05, 0) is 25.1 Å². The number of rotatable bonds is 3. The van der Waals surface area contributed by atoms with Crippen LogP contribution in [0.5, 0.6) is 5.75 Å². The molecule has 0 unspecified atom stereocenters. The van der Waals surface area contributed by atoms with Gasteiger partial charge in [-0.3, -0.25) is 0 Å². The zero-order valence-electron chi connectivity index (χ0n) is 11.1. The maximum Gasteiger partial charge on any atom is 0.243 e. The summed E-state index contributed by atoms with van der Waals surface area (Å²) in [6, 6.07) is 4.90. The highest BCUT2D eigenvalue weighted by Gasteiger charge is 2.25. The van der Waals surface area contributed by atoms with Crippen molar-refractivity contribution in [2.45, 2.75) is 11.3 Å². The fourth-order valence-corrected chi connectivity index (χ4v) is 4.18. The molecule has 1 saturated heterocycles. The van der Waals surface area contributed by atoms with Crippen molar-refractivity contribution in [3.8, 4) is 5.75 Å². The minimum atomic E-state index is -3.46. The quantitative estimate of drug-likeness (QED) is 0.863. The van der Waals surface area contributed by atoms with Crippen LogP contribution in [0.1, 0.15) is 6.42 Å². The zero-order chi connectivity index (χ0) is 13.9. The first kappa shape index (κ1) is 17.7. The van der Waals surface area contributed by atoms with Gasteiger partial charge in [0.1, 0.15) is 5.75 Å². The van der Waals surface area contributed by atoms with Crippen LogP contribution in [0.4, 0.5) is 0 Å². The summed E-state index contributed by atoms with van der Waals surface area (Å²) in [7, 11) is -1.94. The summed E-state index contributed by atoms with van der Waals surface area (Å²) < 4.78 is 32.5. The summed E-state index contributed by atoms with van der Waals surface area (Å²) in [5, 5.41) is 3.19. The Hall–Kier alpha value is -0.340. The maximum absolute atomic E-state index is 12.6. The molecule has 0 bridgehead atoms. The lowest BCUT2D eigenvalue weighted by atomic mass is 10.3. The molecule has 0 atom stereocenters. The molecule has 0 saturated carbocycles. The van der Waals surface area contributed by atoms with Crippen LogP contribution in [-0.4, -0.2) is 46.0 Å². The van der Waals surface area contributed by atoms with Crippen molar-refractivity contribution in [2.75, 3.05) is 33.3 Å². The Labute approximate surface area is 134 Å². The minimum Gasteiger partial charge on any atom is -0.497 e. The molecule has 2 rings (SSSR count). The normalized spacial score (nSPS) is 17.1. The van der Waals surface area contributed by atoms with Crippen molar-refractivity contribution >= 4 is 38.4 Å². The van der Waals surface area contributed by atoms with Crippen LogP contribution >= 0.6 is 28.3 Å². The fraction of sp³-hybridized carbons (Fsp3) is 0.500. The molecule has 8 heteroatoms. The third-order valence-electron chi connectivity index (χ3n) is 3.02. The molecule has 0 aliphatic carbocycles. The summed E-state index contributed by atoms with van der Waals surface area (Å²) in [6.45, 7) is 2.58. The molecule has 1 aromatic rings. The number of nitrogens with zero attached hydrogens (tertiary/aromatic N) is 1. The van der Waals surface area contributed by atoms with Crippen molar-refractivity contribution in [1.29, 1.82) is 0 Å². The number of hydrogen-bond acceptors (Lipinski definition) is 4. The number of sulfonamides is 1. The first-order valence-corrected chi connectivity index (χ1v) is 8.33. The van der Waals surface area contributed by atoms with Crippen LogP contribution in [0.25, 0.3) is 0 Å². The molecule has 1 fully saturated rings. The molecule has 1 aliphatic rings. The van der Waals surface area contributed by atoms with Crippen LogP contribution in [0.3, 0.4) is 0 Å². The summed E-state index contributed by atoms with van der Waals surface area (Å²) >= 11 is 3.31. The van der Waals surface area contributed by atoms with E-state index >= 15 is 0 Å². The molecule has 5 nitrogen and oxygen atoms in total. The van der Waals surface area contributed by atoms with Crippen molar-refractivity contribution in [3.05, 3.63) is 22.7 Å². The number of methoxy groups -OCH3 is 1. The van der Waals surface area contributed by atoms with Gasteiger partial charge in [-0.25, -0.2) is 8.42 Å². The van der Waals surface area contributed by atoms with E-state index in [1.54, 1.807) is 18.2 Å². The maximum atomic E-state index is 12.6. The van der Waals surface area contributed by atoms with Crippen molar-refractivity contribution in [2.24, 2.45) is 0 Å². The van der Waals surface area contributed by atoms with Gasteiger partial charge in [0.15, 0.2) is 0 Å². The SMILES string of the molecule is COc1cc(Br)cc(S(=O)(=O)N2CCCNCC2)c1.Cl. The zero-order valence-corrected chi connectivity index (χ0v) is 14.4. The average Bonchev–Trinajstić information content (AvgIpc) is 2.67. The lowest BCUT2D eigenvalue weighted by molar-refractivity contribution is 0.410. The molecule has 1 N–H and O–H groups in total. The number of halogens is 2. The van der Waals surface area contributed by atoms with E-state index in [4.69, 9.17) is 4.74 Å². The van der Waals surface area contributed by atoms with E-state index in [0.717, 1.165) is 13.0 Å². The average molecular weight is 386 g/mol. The van der Waals surface area contributed by atoms with Gasteiger partial charge >= 0.3 is 0 Å². The van der Waals surface area contributed by atoms with Gasteiger partial charge in [0.25, 0.3) is 0 Å². The van der Waals surface area contributed by atoms with Gasteiger partial charge in [0.2, 0.25) is 10.0 Å². The Balaban J connectivity index is 0.00000200. The summed E-state index contributed by atoms with van der Waals surface area (Å²) in [5.74, 6) is 0.529. The van der Waals surface area contributed by atoms with Crippen molar-refractivity contribution in [3.63, 3.8) is 0 Å². The van der Waals surface area contributed by atoms with Crippen LogP contribution in [0, 0.1) is 0 Å². The van der Waals surface area contributed by atoms with Crippen LogP contribution in [0.2, 0.25) is 0 Å². The highest BCUT2D eigenvalue weighted by molar-refractivity contribution is 9.10. The second-order valence-corrected chi connectivity index (χ2v) is 7.19. The highest BCUT2D eigenvalue weighted by Crippen LogP contribution is 2.26. The van der Waals surface area contributed by atoms with Gasteiger partial charge in [0.05, 0.1) is 12.0 Å². The monoisotopic (exact) mass is 384 g/mol. The molecular weight excluding hydrogens is 368 g/mol. The molecule has 1 aromatic carbocycles. The van der Waals surface area contributed by atoms with E-state index < -0.39 is 10.0 Å². The molecule has 0 amide bonds. The van der Waals surface area contributed by atoms with Gasteiger partial charge in [-0.1, -0.05) is 15.9 Å². The first-order valence-electron chi connectivity index (χ1n) is 6.09. The fourth-order valence-electron chi connectivity index (χ4n) is 2.01. The van der Waals surface area contributed by atoms with Gasteiger partial charge in [0, 0.05) is 30.2 Å². The summed E-state index contributed by atoms with van der Waals surface area (Å²) in [6.07, 6.45) is 0.824. The molecule has 114 valence electrons. The Morgan fingerprint density at radius 2 is 2.00 bits per heavy atom. The number of hydrogen-bond donors (Lipinski definition) is 1.